The van der Waals surface area contributed by atoms with E-state index in [1.165, 1.54) is 13.1 Å². The van der Waals surface area contributed by atoms with Crippen LogP contribution in [0.5, 0.6) is 5.75 Å². The summed E-state index contributed by atoms with van der Waals surface area (Å²) in [5.41, 5.74) is -0.539. The second-order valence-electron chi connectivity index (χ2n) is 11.3. The summed E-state index contributed by atoms with van der Waals surface area (Å²) in [6.07, 6.45) is 5.03. The third-order valence-corrected chi connectivity index (χ3v) is 7.62. The van der Waals surface area contributed by atoms with Crippen molar-refractivity contribution in [1.29, 1.82) is 0 Å². The highest BCUT2D eigenvalue weighted by molar-refractivity contribution is 5.63. The second kappa shape index (κ2) is 11.1. The van der Waals surface area contributed by atoms with Gasteiger partial charge in [-0.2, -0.15) is 14.3 Å². The van der Waals surface area contributed by atoms with E-state index >= 15 is 4.39 Å². The van der Waals surface area contributed by atoms with Gasteiger partial charge in [-0.25, -0.2) is 18.6 Å². The molecule has 0 spiro atoms. The van der Waals surface area contributed by atoms with E-state index in [0.717, 1.165) is 53.9 Å². The zero-order chi connectivity index (χ0) is 28.6. The number of aryl methyl sites for hydroxylation is 1. The molecule has 0 unspecified atom stereocenters. The lowest BCUT2D eigenvalue weighted by Crippen LogP contribution is -2.55. The minimum atomic E-state index is -0.717. The van der Waals surface area contributed by atoms with Crippen molar-refractivity contribution in [2.75, 3.05) is 30.4 Å². The maximum Gasteiger partial charge on any atom is 0.368 e. The predicted octanol–water partition coefficient (Wildman–Crippen LogP) is 2.60. The summed E-state index contributed by atoms with van der Waals surface area (Å²) in [5, 5.41) is 22.9. The van der Waals surface area contributed by atoms with Crippen molar-refractivity contribution in [3.63, 3.8) is 0 Å². The lowest BCUT2D eigenvalue weighted by molar-refractivity contribution is 0.0500. The fraction of sp³-hybridized carbons (Fsp3) is 0.577. The normalized spacial score (nSPS) is 21.2. The van der Waals surface area contributed by atoms with Crippen LogP contribution in [0.3, 0.4) is 0 Å². The predicted molar refractivity (Wildman–Crippen MR) is 144 cm³/mol. The third kappa shape index (κ3) is 5.63. The molecule has 40 heavy (non-hydrogen) atoms. The summed E-state index contributed by atoms with van der Waals surface area (Å²) < 4.78 is 37.7. The van der Waals surface area contributed by atoms with Gasteiger partial charge in [-0.1, -0.05) is 6.92 Å². The van der Waals surface area contributed by atoms with Crippen molar-refractivity contribution in [2.24, 2.45) is 13.0 Å². The highest BCUT2D eigenvalue weighted by Gasteiger charge is 2.43. The van der Waals surface area contributed by atoms with E-state index in [0.29, 0.717) is 6.04 Å². The SMILES string of the molecule is C[C@H](CO)COc1cc(F)c(Nc2ncc(F)c(N[C@@H]3C[C@@H]4CCCN4C(C)(C)C3)n2)cc1-n1nnn(C)c1=O. The average molecular weight is 560 g/mol. The molecule has 2 aliphatic rings. The van der Waals surface area contributed by atoms with Gasteiger partial charge in [0.2, 0.25) is 5.95 Å². The van der Waals surface area contributed by atoms with Gasteiger partial charge in [-0.15, -0.1) is 0 Å². The highest BCUT2D eigenvalue weighted by atomic mass is 19.1. The topological polar surface area (TPSA) is 135 Å². The summed E-state index contributed by atoms with van der Waals surface area (Å²) >= 11 is 0. The summed E-state index contributed by atoms with van der Waals surface area (Å²) in [5.74, 6) is -1.50. The minimum Gasteiger partial charge on any atom is -0.491 e. The Morgan fingerprint density at radius 1 is 1.25 bits per heavy atom. The van der Waals surface area contributed by atoms with E-state index in [4.69, 9.17) is 4.74 Å². The molecule has 0 amide bonds. The number of piperidine rings is 1. The van der Waals surface area contributed by atoms with Crippen LogP contribution >= 0.6 is 0 Å². The number of nitrogens with zero attached hydrogens (tertiary/aromatic N) is 7. The fourth-order valence-corrected chi connectivity index (χ4v) is 5.63. The van der Waals surface area contributed by atoms with Gasteiger partial charge in [0.05, 0.1) is 18.5 Å². The van der Waals surface area contributed by atoms with Crippen molar-refractivity contribution in [3.05, 3.63) is 40.4 Å². The first-order chi connectivity index (χ1) is 19.1. The molecular weight excluding hydrogens is 524 g/mol. The lowest BCUT2D eigenvalue weighted by Gasteiger charge is -2.47. The molecule has 2 saturated heterocycles. The number of aliphatic hydroxyl groups is 1. The van der Waals surface area contributed by atoms with Crippen LogP contribution in [-0.2, 0) is 7.05 Å². The minimum absolute atomic E-state index is 0.0155. The molecule has 12 nitrogen and oxygen atoms in total. The van der Waals surface area contributed by atoms with Gasteiger partial charge in [-0.05, 0) is 62.6 Å². The molecule has 0 saturated carbocycles. The monoisotopic (exact) mass is 559 g/mol. The number of halogens is 2. The van der Waals surface area contributed by atoms with E-state index in [1.807, 2.05) is 0 Å². The van der Waals surface area contributed by atoms with Gasteiger partial charge < -0.3 is 20.5 Å². The average Bonchev–Trinajstić information content (AvgIpc) is 3.52. The van der Waals surface area contributed by atoms with E-state index in [1.54, 1.807) is 6.92 Å². The number of tetrazole rings is 1. The number of benzene rings is 1. The van der Waals surface area contributed by atoms with Crippen LogP contribution in [0.15, 0.2) is 23.1 Å². The van der Waals surface area contributed by atoms with Crippen LogP contribution < -0.4 is 21.1 Å². The Kier molecular flexibility index (Phi) is 7.73. The van der Waals surface area contributed by atoms with E-state index in [9.17, 15) is 14.3 Å². The molecule has 0 radical (unpaired) electrons. The van der Waals surface area contributed by atoms with Gasteiger partial charge in [-0.3, -0.25) is 4.90 Å². The number of ether oxygens (including phenoxy) is 1. The Hall–Kier alpha value is -3.65. The van der Waals surface area contributed by atoms with E-state index in [2.05, 4.69) is 49.8 Å². The fourth-order valence-electron chi connectivity index (χ4n) is 5.63. The van der Waals surface area contributed by atoms with Crippen LogP contribution in [0.2, 0.25) is 0 Å². The molecule has 5 rings (SSSR count). The van der Waals surface area contributed by atoms with Crippen molar-refractivity contribution >= 4 is 17.5 Å². The van der Waals surface area contributed by atoms with Gasteiger partial charge in [0.15, 0.2) is 17.5 Å². The molecule has 2 aromatic heterocycles. The highest BCUT2D eigenvalue weighted by Crippen LogP contribution is 2.38. The standard InChI is InChI=1S/C26H35F2N9O3/c1-15(13-38)14-40-22-9-18(27)20(10-21(22)37-25(39)35(4)33-34-37)31-24-29-12-19(28)23(32-24)30-16-8-17-6-5-7-36(17)26(2,3)11-16/h9-10,12,15-17,38H,5-8,11,13-14H2,1-4H3,(H2,29,30,31,32)/t15-,16-,17+/m1/s1. The molecule has 216 valence electrons. The molecule has 2 fully saturated rings. The van der Waals surface area contributed by atoms with Gasteiger partial charge >= 0.3 is 5.69 Å². The van der Waals surface area contributed by atoms with Gasteiger partial charge in [0.1, 0.15) is 11.4 Å². The summed E-state index contributed by atoms with van der Waals surface area (Å²) in [6, 6.07) is 2.89. The van der Waals surface area contributed by atoms with Crippen molar-refractivity contribution in [1.82, 2.24) is 34.7 Å². The van der Waals surface area contributed by atoms with Gasteiger partial charge in [0, 0.05) is 43.3 Å². The maximum absolute atomic E-state index is 15.2. The molecule has 14 heteroatoms. The Bertz CT molecular complexity index is 1430. The lowest BCUT2D eigenvalue weighted by atomic mass is 9.84. The molecule has 3 N–H and O–H groups in total. The number of fused-ring (bicyclic) bond motifs is 1. The van der Waals surface area contributed by atoms with Crippen LogP contribution in [0.1, 0.15) is 46.5 Å². The smallest absolute Gasteiger partial charge is 0.368 e. The first-order valence-corrected chi connectivity index (χ1v) is 13.4. The van der Waals surface area contributed by atoms with Crippen LogP contribution in [0, 0.1) is 17.6 Å². The molecule has 0 aliphatic carbocycles. The Morgan fingerprint density at radius 3 is 2.77 bits per heavy atom. The zero-order valence-electron chi connectivity index (χ0n) is 23.1. The molecule has 0 bridgehead atoms. The van der Waals surface area contributed by atoms with Crippen molar-refractivity contribution in [3.8, 4) is 11.4 Å². The molecule has 2 aliphatic heterocycles. The number of nitrogens with one attached hydrogen (secondary N) is 2. The van der Waals surface area contributed by atoms with Crippen molar-refractivity contribution in [2.45, 2.75) is 64.1 Å². The van der Waals surface area contributed by atoms with Crippen molar-refractivity contribution < 1.29 is 18.6 Å². The molecule has 3 atom stereocenters. The quantitative estimate of drug-likeness (QED) is 0.359. The zero-order valence-corrected chi connectivity index (χ0v) is 23.1. The Morgan fingerprint density at radius 2 is 2.05 bits per heavy atom. The maximum atomic E-state index is 15.2. The summed E-state index contributed by atoms with van der Waals surface area (Å²) in [7, 11) is 1.43. The van der Waals surface area contributed by atoms with Crippen LogP contribution in [0.4, 0.5) is 26.2 Å². The Balaban J connectivity index is 1.41. The first-order valence-electron chi connectivity index (χ1n) is 13.4. The van der Waals surface area contributed by atoms with Crippen LogP contribution in [0.25, 0.3) is 5.69 Å². The number of aliphatic hydroxyl groups excluding tert-OH is 1. The van der Waals surface area contributed by atoms with Gasteiger partial charge in [0.25, 0.3) is 0 Å². The van der Waals surface area contributed by atoms with E-state index in [-0.39, 0.29) is 59.6 Å². The number of anilines is 3. The molecule has 1 aromatic carbocycles. The van der Waals surface area contributed by atoms with Crippen LogP contribution in [-0.4, -0.2) is 77.1 Å². The Labute approximate surface area is 230 Å². The molecule has 4 heterocycles. The molecule has 3 aromatic rings. The molecular formula is C26H35F2N9O3. The first kappa shape index (κ1) is 27.9. The number of hydrogen-bond donors (Lipinski definition) is 3. The number of hydrogen-bond acceptors (Lipinski definition) is 10. The second-order valence-corrected chi connectivity index (χ2v) is 11.3. The van der Waals surface area contributed by atoms with E-state index < -0.39 is 17.3 Å². The summed E-state index contributed by atoms with van der Waals surface area (Å²) in [4.78, 5) is 23.4. The number of rotatable bonds is 9. The third-order valence-electron chi connectivity index (χ3n) is 7.62. The largest absolute Gasteiger partial charge is 0.491 e. The number of aromatic nitrogens is 6. The summed E-state index contributed by atoms with van der Waals surface area (Å²) in [6.45, 7) is 7.22.